The first-order chi connectivity index (χ1) is 13.4. The summed E-state index contributed by atoms with van der Waals surface area (Å²) in [7, 11) is 0. The number of hydrogen-bond acceptors (Lipinski definition) is 5. The fraction of sp³-hybridized carbons (Fsp3) is 0.143. The zero-order valence-corrected chi connectivity index (χ0v) is 17.5. The molecule has 0 fully saturated rings. The van der Waals surface area contributed by atoms with Crippen molar-refractivity contribution in [3.8, 4) is 0 Å². The van der Waals surface area contributed by atoms with E-state index in [0.29, 0.717) is 25.7 Å². The standard InChI is InChI=1S/C21H17Cl2NO3S/c1-3-27-21(26)18-19(25)17(11-13-6-9-15(22)16(23)10-13)28-20(18)24-14-7-4-12(2)5-8-14/h4-11,25H,3H2,1-2H3. The van der Waals surface area contributed by atoms with E-state index in [1.165, 1.54) is 11.8 Å². The number of esters is 1. The smallest absolute Gasteiger partial charge is 0.344 e. The van der Waals surface area contributed by atoms with Gasteiger partial charge in [-0.15, -0.1) is 0 Å². The Morgan fingerprint density at radius 3 is 2.54 bits per heavy atom. The second-order valence-electron chi connectivity index (χ2n) is 5.98. The number of benzene rings is 2. The molecule has 1 heterocycles. The summed E-state index contributed by atoms with van der Waals surface area (Å²) < 4.78 is 5.10. The quantitative estimate of drug-likeness (QED) is 0.559. The van der Waals surface area contributed by atoms with Crippen molar-refractivity contribution in [2.75, 3.05) is 6.61 Å². The van der Waals surface area contributed by atoms with Gasteiger partial charge in [-0.05, 0) is 49.8 Å². The van der Waals surface area contributed by atoms with Gasteiger partial charge in [0.05, 0.1) is 27.2 Å². The number of carbonyl (C=O) groups is 1. The molecule has 7 heteroatoms. The van der Waals surface area contributed by atoms with Gasteiger partial charge in [-0.3, -0.25) is 0 Å². The van der Waals surface area contributed by atoms with E-state index in [1.807, 2.05) is 31.2 Å². The molecule has 1 N–H and O–H groups in total. The van der Waals surface area contributed by atoms with Crippen LogP contribution in [0.4, 0.5) is 5.69 Å². The van der Waals surface area contributed by atoms with Gasteiger partial charge in [0.1, 0.15) is 16.4 Å². The van der Waals surface area contributed by atoms with Crippen LogP contribution in [0.1, 0.15) is 18.1 Å². The van der Waals surface area contributed by atoms with Crippen LogP contribution in [0.15, 0.2) is 63.7 Å². The van der Waals surface area contributed by atoms with E-state index in [0.717, 1.165) is 11.1 Å². The van der Waals surface area contributed by atoms with Crippen LogP contribution >= 0.6 is 35.0 Å². The highest BCUT2D eigenvalue weighted by atomic mass is 35.5. The monoisotopic (exact) mass is 433 g/mol. The average molecular weight is 434 g/mol. The molecule has 1 aliphatic heterocycles. The number of aliphatic hydroxyl groups excluding tert-OH is 1. The van der Waals surface area contributed by atoms with Gasteiger partial charge in [0.2, 0.25) is 0 Å². The van der Waals surface area contributed by atoms with Gasteiger partial charge < -0.3 is 9.84 Å². The summed E-state index contributed by atoms with van der Waals surface area (Å²) in [5.74, 6) is -0.781. The van der Waals surface area contributed by atoms with Crippen LogP contribution in [0.3, 0.4) is 0 Å². The average Bonchev–Trinajstić information content (AvgIpc) is 2.95. The molecule has 2 aromatic rings. The van der Waals surface area contributed by atoms with E-state index in [2.05, 4.69) is 4.99 Å². The SMILES string of the molecule is CCOC(=O)C1=C(O)C(=Cc2ccc(Cl)c(Cl)c2)SC1=Nc1ccc(C)cc1. The lowest BCUT2D eigenvalue weighted by molar-refractivity contribution is -0.138. The van der Waals surface area contributed by atoms with Crippen LogP contribution in [0.25, 0.3) is 6.08 Å². The molecule has 0 aromatic heterocycles. The van der Waals surface area contributed by atoms with E-state index in [4.69, 9.17) is 27.9 Å². The number of aryl methyl sites for hydroxylation is 1. The number of rotatable bonds is 4. The van der Waals surface area contributed by atoms with Gasteiger partial charge in [0.15, 0.2) is 0 Å². The molecule has 4 nitrogen and oxygen atoms in total. The fourth-order valence-corrected chi connectivity index (χ4v) is 3.82. The molecule has 0 bridgehead atoms. The number of hydrogen-bond donors (Lipinski definition) is 1. The number of aliphatic hydroxyl groups is 1. The minimum atomic E-state index is -0.615. The molecule has 3 rings (SSSR count). The Morgan fingerprint density at radius 1 is 1.18 bits per heavy atom. The summed E-state index contributed by atoms with van der Waals surface area (Å²) in [4.78, 5) is 17.4. The van der Waals surface area contributed by atoms with Gasteiger partial charge >= 0.3 is 5.97 Å². The number of thioether (sulfide) groups is 1. The number of ether oxygens (including phenoxy) is 1. The van der Waals surface area contributed by atoms with Crippen molar-refractivity contribution in [2.45, 2.75) is 13.8 Å². The highest BCUT2D eigenvalue weighted by molar-refractivity contribution is 8.18. The summed E-state index contributed by atoms with van der Waals surface area (Å²) in [6.45, 7) is 3.89. The van der Waals surface area contributed by atoms with Crippen LogP contribution in [-0.4, -0.2) is 22.7 Å². The summed E-state index contributed by atoms with van der Waals surface area (Å²) >= 11 is 13.2. The first-order valence-electron chi connectivity index (χ1n) is 8.50. The summed E-state index contributed by atoms with van der Waals surface area (Å²) in [5, 5.41) is 11.9. The first-order valence-corrected chi connectivity index (χ1v) is 10.1. The third-order valence-electron chi connectivity index (χ3n) is 3.88. The Bertz CT molecular complexity index is 1010. The number of carbonyl (C=O) groups excluding carboxylic acids is 1. The zero-order valence-electron chi connectivity index (χ0n) is 15.2. The molecule has 144 valence electrons. The topological polar surface area (TPSA) is 58.9 Å². The predicted molar refractivity (Wildman–Crippen MR) is 117 cm³/mol. The van der Waals surface area contributed by atoms with Crippen molar-refractivity contribution in [1.29, 1.82) is 0 Å². The maximum absolute atomic E-state index is 12.4. The zero-order chi connectivity index (χ0) is 20.3. The first kappa shape index (κ1) is 20.5. The van der Waals surface area contributed by atoms with Crippen molar-refractivity contribution in [3.63, 3.8) is 0 Å². The second-order valence-corrected chi connectivity index (χ2v) is 7.83. The number of halogens is 2. The normalized spacial score (nSPS) is 16.9. The Hall–Kier alpha value is -2.21. The molecule has 0 saturated heterocycles. The van der Waals surface area contributed by atoms with Crippen molar-refractivity contribution >= 4 is 57.7 Å². The lowest BCUT2D eigenvalue weighted by atomic mass is 10.1. The molecule has 0 atom stereocenters. The van der Waals surface area contributed by atoms with E-state index in [9.17, 15) is 9.90 Å². The molecule has 0 amide bonds. The van der Waals surface area contributed by atoms with E-state index in [-0.39, 0.29) is 17.9 Å². The van der Waals surface area contributed by atoms with Gasteiger partial charge in [0, 0.05) is 0 Å². The third kappa shape index (κ3) is 4.61. The molecule has 0 saturated carbocycles. The Morgan fingerprint density at radius 2 is 1.89 bits per heavy atom. The van der Waals surface area contributed by atoms with Crippen LogP contribution < -0.4 is 0 Å². The Labute approximate surface area is 177 Å². The Balaban J connectivity index is 2.04. The Kier molecular flexibility index (Phi) is 6.50. The summed E-state index contributed by atoms with van der Waals surface area (Å²) in [6.07, 6.45) is 1.72. The predicted octanol–water partition coefficient (Wildman–Crippen LogP) is 6.49. The molecule has 2 aromatic carbocycles. The third-order valence-corrected chi connectivity index (χ3v) is 5.64. The minimum Gasteiger partial charge on any atom is -0.506 e. The van der Waals surface area contributed by atoms with Crippen molar-refractivity contribution < 1.29 is 14.6 Å². The lowest BCUT2D eigenvalue weighted by Crippen LogP contribution is -2.12. The van der Waals surface area contributed by atoms with Crippen molar-refractivity contribution in [1.82, 2.24) is 0 Å². The number of aliphatic imine (C=N–C) groups is 1. The largest absolute Gasteiger partial charge is 0.506 e. The summed E-state index contributed by atoms with van der Waals surface area (Å²) in [5.41, 5.74) is 2.58. The molecule has 0 radical (unpaired) electrons. The second kappa shape index (κ2) is 8.86. The van der Waals surface area contributed by atoms with E-state index < -0.39 is 5.97 Å². The minimum absolute atomic E-state index is 0.0544. The van der Waals surface area contributed by atoms with Gasteiger partial charge in [0.25, 0.3) is 0 Å². The maximum atomic E-state index is 12.4. The van der Waals surface area contributed by atoms with Crippen LogP contribution in [0, 0.1) is 6.92 Å². The molecule has 0 unspecified atom stereocenters. The van der Waals surface area contributed by atoms with Gasteiger partial charge in [-0.25, -0.2) is 9.79 Å². The van der Waals surface area contributed by atoms with Crippen LogP contribution in [-0.2, 0) is 9.53 Å². The van der Waals surface area contributed by atoms with Crippen molar-refractivity contribution in [2.24, 2.45) is 4.99 Å². The fourth-order valence-electron chi connectivity index (χ4n) is 2.48. The molecule has 0 aliphatic carbocycles. The molecule has 0 spiro atoms. The van der Waals surface area contributed by atoms with Crippen LogP contribution in [0.2, 0.25) is 10.0 Å². The number of nitrogens with zero attached hydrogens (tertiary/aromatic N) is 1. The maximum Gasteiger partial charge on any atom is 0.344 e. The highest BCUT2D eigenvalue weighted by Crippen LogP contribution is 2.40. The van der Waals surface area contributed by atoms with Crippen LogP contribution in [0.5, 0.6) is 0 Å². The van der Waals surface area contributed by atoms with Gasteiger partial charge in [-0.1, -0.05) is 58.7 Å². The highest BCUT2D eigenvalue weighted by Gasteiger charge is 2.33. The van der Waals surface area contributed by atoms with Crippen molar-refractivity contribution in [3.05, 3.63) is 79.9 Å². The molecular weight excluding hydrogens is 417 g/mol. The molecule has 1 aliphatic rings. The van der Waals surface area contributed by atoms with Gasteiger partial charge in [-0.2, -0.15) is 0 Å². The van der Waals surface area contributed by atoms with E-state index in [1.54, 1.807) is 31.2 Å². The summed E-state index contributed by atoms with van der Waals surface area (Å²) in [6, 6.07) is 12.7. The molecule has 28 heavy (non-hydrogen) atoms. The van der Waals surface area contributed by atoms with E-state index >= 15 is 0 Å². The molecular formula is C21H17Cl2NO3S. The lowest BCUT2D eigenvalue weighted by Gasteiger charge is -2.04.